The lowest BCUT2D eigenvalue weighted by Gasteiger charge is -2.26. The largest absolute Gasteiger partial charge is 0.503 e. The third-order valence-corrected chi connectivity index (χ3v) is 4.51. The first-order valence-electron chi connectivity index (χ1n) is 8.43. The molecule has 1 atom stereocenters. The van der Waals surface area contributed by atoms with Crippen LogP contribution in [0.3, 0.4) is 0 Å². The summed E-state index contributed by atoms with van der Waals surface area (Å²) in [6.07, 6.45) is 4.65. The summed E-state index contributed by atoms with van der Waals surface area (Å²) >= 11 is 0. The SMILES string of the molecule is O=C(C1=C(O)C(=O)N(Cc2ccncc2)C1c1ccccc1)c1ccco1. The minimum atomic E-state index is -0.704. The second-order valence-electron chi connectivity index (χ2n) is 6.17. The molecule has 1 N–H and O–H groups in total. The van der Waals surface area contributed by atoms with E-state index in [1.54, 1.807) is 30.6 Å². The van der Waals surface area contributed by atoms with E-state index in [0.29, 0.717) is 0 Å². The number of hydrogen-bond acceptors (Lipinski definition) is 5. The summed E-state index contributed by atoms with van der Waals surface area (Å²) in [6.45, 7) is 0.236. The molecule has 27 heavy (non-hydrogen) atoms. The third-order valence-electron chi connectivity index (χ3n) is 4.51. The maximum atomic E-state index is 12.9. The van der Waals surface area contributed by atoms with Crippen LogP contribution in [0.25, 0.3) is 0 Å². The molecule has 0 saturated carbocycles. The number of ketones is 1. The zero-order chi connectivity index (χ0) is 18.8. The average molecular weight is 360 g/mol. The second kappa shape index (κ2) is 6.92. The summed E-state index contributed by atoms with van der Waals surface area (Å²) in [6, 6.07) is 15.1. The van der Waals surface area contributed by atoms with Gasteiger partial charge in [-0.15, -0.1) is 0 Å². The Labute approximate surface area is 155 Å². The predicted octanol–water partition coefficient (Wildman–Crippen LogP) is 3.45. The quantitative estimate of drug-likeness (QED) is 0.705. The van der Waals surface area contributed by atoms with Gasteiger partial charge in [-0.05, 0) is 35.4 Å². The van der Waals surface area contributed by atoms with Gasteiger partial charge in [0.25, 0.3) is 5.91 Å². The third kappa shape index (κ3) is 3.01. The molecule has 1 unspecified atom stereocenters. The number of aliphatic hydroxyl groups excluding tert-OH is 1. The van der Waals surface area contributed by atoms with Crippen LogP contribution >= 0.6 is 0 Å². The Hall–Kier alpha value is -3.67. The number of hydrogen-bond donors (Lipinski definition) is 1. The van der Waals surface area contributed by atoms with Crippen molar-refractivity contribution in [1.29, 1.82) is 0 Å². The maximum Gasteiger partial charge on any atom is 0.290 e. The number of furan rings is 1. The summed E-state index contributed by atoms with van der Waals surface area (Å²) in [5, 5.41) is 10.5. The Kier molecular flexibility index (Phi) is 4.30. The number of benzene rings is 1. The van der Waals surface area contributed by atoms with Crippen LogP contribution < -0.4 is 0 Å². The van der Waals surface area contributed by atoms with Gasteiger partial charge < -0.3 is 14.4 Å². The number of rotatable bonds is 5. The number of amides is 1. The highest BCUT2D eigenvalue weighted by molar-refractivity contribution is 6.14. The molecule has 0 saturated heterocycles. The van der Waals surface area contributed by atoms with Crippen molar-refractivity contribution >= 4 is 11.7 Å². The van der Waals surface area contributed by atoms with Gasteiger partial charge in [0.1, 0.15) is 0 Å². The molecule has 134 valence electrons. The number of aromatic nitrogens is 1. The van der Waals surface area contributed by atoms with E-state index in [-0.39, 0.29) is 17.9 Å². The van der Waals surface area contributed by atoms with E-state index in [9.17, 15) is 14.7 Å². The van der Waals surface area contributed by atoms with E-state index in [0.717, 1.165) is 11.1 Å². The standard InChI is InChI=1S/C21H16N2O4/c24-19(16-7-4-12-27-16)17-18(15-5-2-1-3-6-15)23(21(26)20(17)25)13-14-8-10-22-11-9-14/h1-12,18,25H,13H2. The number of carbonyl (C=O) groups excluding carboxylic acids is 2. The summed E-state index contributed by atoms with van der Waals surface area (Å²) in [5.74, 6) is -1.55. The number of pyridine rings is 1. The molecule has 0 spiro atoms. The fourth-order valence-corrected chi connectivity index (χ4v) is 3.26. The lowest BCUT2D eigenvalue weighted by molar-refractivity contribution is -0.130. The van der Waals surface area contributed by atoms with Gasteiger partial charge in [-0.25, -0.2) is 0 Å². The number of Topliss-reactive ketones (excluding diaryl/α,β-unsaturated/α-hetero) is 1. The molecule has 3 aromatic rings. The molecule has 1 amide bonds. The predicted molar refractivity (Wildman–Crippen MR) is 96.7 cm³/mol. The van der Waals surface area contributed by atoms with E-state index in [4.69, 9.17) is 4.42 Å². The van der Waals surface area contributed by atoms with Crippen molar-refractivity contribution in [3.8, 4) is 0 Å². The molecule has 0 radical (unpaired) electrons. The van der Waals surface area contributed by atoms with Crippen LogP contribution in [-0.4, -0.2) is 26.7 Å². The van der Waals surface area contributed by atoms with Crippen molar-refractivity contribution in [3.05, 3.63) is 101 Å². The molecule has 6 heteroatoms. The first kappa shape index (κ1) is 16.8. The zero-order valence-electron chi connectivity index (χ0n) is 14.3. The molecule has 0 fully saturated rings. The maximum absolute atomic E-state index is 12.9. The molecule has 2 aromatic heterocycles. The summed E-state index contributed by atoms with van der Waals surface area (Å²) < 4.78 is 5.20. The molecular formula is C21H16N2O4. The molecule has 1 aromatic carbocycles. The first-order chi connectivity index (χ1) is 13.2. The number of nitrogens with zero attached hydrogens (tertiary/aromatic N) is 2. The summed E-state index contributed by atoms with van der Waals surface area (Å²) in [5.41, 5.74) is 1.60. The van der Waals surface area contributed by atoms with Gasteiger partial charge >= 0.3 is 0 Å². The molecule has 4 rings (SSSR count). The van der Waals surface area contributed by atoms with E-state index in [1.807, 2.05) is 30.3 Å². The Morgan fingerprint density at radius 3 is 2.48 bits per heavy atom. The Morgan fingerprint density at radius 2 is 1.81 bits per heavy atom. The van der Waals surface area contributed by atoms with Gasteiger partial charge in [0.2, 0.25) is 5.78 Å². The molecule has 3 heterocycles. The van der Waals surface area contributed by atoms with Gasteiger partial charge in [0.15, 0.2) is 11.5 Å². The van der Waals surface area contributed by atoms with Crippen LogP contribution in [0.1, 0.15) is 27.7 Å². The van der Waals surface area contributed by atoms with E-state index < -0.39 is 23.5 Å². The topological polar surface area (TPSA) is 83.6 Å². The van der Waals surface area contributed by atoms with Crippen LogP contribution in [-0.2, 0) is 11.3 Å². The fourth-order valence-electron chi connectivity index (χ4n) is 3.26. The average Bonchev–Trinajstić information content (AvgIpc) is 3.32. The fraction of sp³-hybridized carbons (Fsp3) is 0.0952. The van der Waals surface area contributed by atoms with Crippen molar-refractivity contribution in [1.82, 2.24) is 9.88 Å². The number of carbonyl (C=O) groups is 2. The second-order valence-corrected chi connectivity index (χ2v) is 6.17. The lowest BCUT2D eigenvalue weighted by Crippen LogP contribution is -2.30. The zero-order valence-corrected chi connectivity index (χ0v) is 14.3. The minimum absolute atomic E-state index is 0.0233. The van der Waals surface area contributed by atoms with E-state index in [1.165, 1.54) is 17.2 Å². The summed E-state index contributed by atoms with van der Waals surface area (Å²) in [7, 11) is 0. The summed E-state index contributed by atoms with van der Waals surface area (Å²) in [4.78, 5) is 31.2. The Bertz CT molecular complexity index is 995. The van der Waals surface area contributed by atoms with Crippen molar-refractivity contribution < 1.29 is 19.1 Å². The molecule has 1 aliphatic heterocycles. The molecule has 0 bridgehead atoms. The van der Waals surface area contributed by atoms with Crippen molar-refractivity contribution in [3.63, 3.8) is 0 Å². The molecular weight excluding hydrogens is 344 g/mol. The monoisotopic (exact) mass is 360 g/mol. The van der Waals surface area contributed by atoms with Crippen LogP contribution in [0.4, 0.5) is 0 Å². The van der Waals surface area contributed by atoms with Crippen LogP contribution in [0, 0.1) is 0 Å². The highest BCUT2D eigenvalue weighted by Gasteiger charge is 2.44. The van der Waals surface area contributed by atoms with Crippen LogP contribution in [0.2, 0.25) is 0 Å². The highest BCUT2D eigenvalue weighted by Crippen LogP contribution is 2.39. The van der Waals surface area contributed by atoms with Crippen LogP contribution in [0.15, 0.2) is 89.0 Å². The smallest absolute Gasteiger partial charge is 0.290 e. The van der Waals surface area contributed by atoms with Crippen molar-refractivity contribution in [2.45, 2.75) is 12.6 Å². The normalized spacial score (nSPS) is 16.8. The number of aliphatic hydroxyl groups is 1. The van der Waals surface area contributed by atoms with Crippen molar-refractivity contribution in [2.75, 3.05) is 0 Å². The highest BCUT2D eigenvalue weighted by atomic mass is 16.3. The van der Waals surface area contributed by atoms with Crippen LogP contribution in [0.5, 0.6) is 0 Å². The molecule has 0 aliphatic carbocycles. The Morgan fingerprint density at radius 1 is 1.07 bits per heavy atom. The van der Waals surface area contributed by atoms with Gasteiger partial charge in [0, 0.05) is 18.9 Å². The van der Waals surface area contributed by atoms with E-state index in [2.05, 4.69) is 4.98 Å². The van der Waals surface area contributed by atoms with Gasteiger partial charge in [-0.3, -0.25) is 14.6 Å². The lowest BCUT2D eigenvalue weighted by atomic mass is 9.95. The van der Waals surface area contributed by atoms with E-state index >= 15 is 0 Å². The molecule has 6 nitrogen and oxygen atoms in total. The van der Waals surface area contributed by atoms with Gasteiger partial charge in [-0.2, -0.15) is 0 Å². The van der Waals surface area contributed by atoms with Gasteiger partial charge in [-0.1, -0.05) is 30.3 Å². The Balaban J connectivity index is 1.79. The van der Waals surface area contributed by atoms with Crippen molar-refractivity contribution in [2.24, 2.45) is 0 Å². The molecule has 1 aliphatic rings. The first-order valence-corrected chi connectivity index (χ1v) is 8.43. The van der Waals surface area contributed by atoms with Gasteiger partial charge in [0.05, 0.1) is 17.9 Å². The minimum Gasteiger partial charge on any atom is -0.503 e.